The molecule has 2 aliphatic rings. The number of methoxy groups -OCH3 is 2. The van der Waals surface area contributed by atoms with Crippen molar-refractivity contribution in [1.29, 1.82) is 0 Å². The van der Waals surface area contributed by atoms with Crippen LogP contribution in [-0.4, -0.2) is 56.5 Å². The maximum atomic E-state index is 12.6. The number of carbonyl (C=O) groups excluding carboxylic acids is 1. The van der Waals surface area contributed by atoms with Gasteiger partial charge in [-0.3, -0.25) is 4.79 Å². The van der Waals surface area contributed by atoms with Gasteiger partial charge in [-0.1, -0.05) is 6.07 Å². The number of ether oxygens (including phenoxy) is 2. The minimum absolute atomic E-state index is 0.0108. The second kappa shape index (κ2) is 7.66. The van der Waals surface area contributed by atoms with Gasteiger partial charge in [0.1, 0.15) is 5.37 Å². The molecule has 1 aromatic rings. The summed E-state index contributed by atoms with van der Waals surface area (Å²) in [6.07, 6.45) is 2.63. The Kier molecular flexibility index (Phi) is 5.56. The van der Waals surface area contributed by atoms with Crippen LogP contribution >= 0.6 is 11.8 Å². The molecule has 3 rings (SSSR count). The molecule has 2 atom stereocenters. The van der Waals surface area contributed by atoms with Gasteiger partial charge in [0.05, 0.1) is 45.6 Å². The summed E-state index contributed by atoms with van der Waals surface area (Å²) in [5, 5.41) is 0.0750. The average molecular weight is 351 g/mol. The van der Waals surface area contributed by atoms with Gasteiger partial charge in [0, 0.05) is 12.8 Å². The molecule has 0 aliphatic carbocycles. The van der Waals surface area contributed by atoms with Crippen LogP contribution in [-0.2, 0) is 4.79 Å². The number of hydrogen-bond donors (Lipinski definition) is 1. The van der Waals surface area contributed by atoms with Crippen LogP contribution in [0.4, 0.5) is 0 Å². The smallest absolute Gasteiger partial charge is 0.236 e. The molecule has 2 fully saturated rings. The van der Waals surface area contributed by atoms with Crippen LogP contribution < -0.4 is 14.4 Å². The predicted octanol–water partition coefficient (Wildman–Crippen LogP) is 1.35. The van der Waals surface area contributed by atoms with Crippen LogP contribution in [0.15, 0.2) is 18.2 Å². The lowest BCUT2D eigenvalue weighted by Gasteiger charge is -2.25. The maximum absolute atomic E-state index is 12.6. The fourth-order valence-electron chi connectivity index (χ4n) is 3.57. The van der Waals surface area contributed by atoms with Gasteiger partial charge in [-0.2, -0.15) is 0 Å². The number of thioether (sulfide) groups is 1. The standard InChI is InChI=1S/C18H26N2O3S/c1-13-17(21)20(11-10-19-8-4-5-9-19)18(24-13)14-6-7-15(22-2)16(12-14)23-3/h6-7,12-13,18H,4-5,8-11H2,1-3H3/p+1/t13-,18+/m1/s1. The van der Waals surface area contributed by atoms with Crippen molar-refractivity contribution in [1.82, 2.24) is 4.90 Å². The number of nitrogens with zero attached hydrogens (tertiary/aromatic N) is 1. The Balaban J connectivity index is 1.77. The topological polar surface area (TPSA) is 43.2 Å². The van der Waals surface area contributed by atoms with E-state index in [1.165, 1.54) is 25.9 Å². The van der Waals surface area contributed by atoms with Crippen LogP contribution in [0, 0.1) is 0 Å². The molecule has 24 heavy (non-hydrogen) atoms. The van der Waals surface area contributed by atoms with E-state index in [2.05, 4.69) is 0 Å². The number of rotatable bonds is 6. The lowest BCUT2D eigenvalue weighted by Crippen LogP contribution is -3.10. The van der Waals surface area contributed by atoms with Crippen molar-refractivity contribution in [2.24, 2.45) is 0 Å². The quantitative estimate of drug-likeness (QED) is 0.840. The van der Waals surface area contributed by atoms with Crippen LogP contribution in [0.25, 0.3) is 0 Å². The van der Waals surface area contributed by atoms with Gasteiger partial charge in [-0.25, -0.2) is 0 Å². The first-order valence-corrected chi connectivity index (χ1v) is 9.59. The van der Waals surface area contributed by atoms with E-state index in [1.54, 1.807) is 30.9 Å². The molecule has 0 unspecified atom stereocenters. The lowest BCUT2D eigenvalue weighted by molar-refractivity contribution is -0.886. The first-order valence-electron chi connectivity index (χ1n) is 8.65. The Morgan fingerprint density at radius 3 is 2.58 bits per heavy atom. The molecular weight excluding hydrogens is 324 g/mol. The van der Waals surface area contributed by atoms with Crippen molar-refractivity contribution in [3.05, 3.63) is 23.8 Å². The van der Waals surface area contributed by atoms with E-state index >= 15 is 0 Å². The Labute approximate surface area is 148 Å². The summed E-state index contributed by atoms with van der Waals surface area (Å²) in [5.41, 5.74) is 1.10. The number of amides is 1. The van der Waals surface area contributed by atoms with Gasteiger partial charge in [0.2, 0.25) is 5.91 Å². The second-order valence-corrected chi connectivity index (χ2v) is 7.91. The maximum Gasteiger partial charge on any atom is 0.236 e. The van der Waals surface area contributed by atoms with E-state index in [9.17, 15) is 4.79 Å². The molecule has 0 radical (unpaired) electrons. The summed E-state index contributed by atoms with van der Waals surface area (Å²) in [6.45, 7) is 6.36. The van der Waals surface area contributed by atoms with Crippen molar-refractivity contribution in [2.45, 2.75) is 30.4 Å². The van der Waals surface area contributed by atoms with E-state index in [1.807, 2.05) is 30.0 Å². The Morgan fingerprint density at radius 1 is 1.21 bits per heavy atom. The second-order valence-electron chi connectivity index (χ2n) is 6.48. The fraction of sp³-hybridized carbons (Fsp3) is 0.611. The number of benzene rings is 1. The molecule has 5 nitrogen and oxygen atoms in total. The molecule has 2 heterocycles. The minimum atomic E-state index is 0.0108. The number of carbonyl (C=O) groups is 1. The van der Waals surface area contributed by atoms with E-state index in [4.69, 9.17) is 9.47 Å². The summed E-state index contributed by atoms with van der Waals surface area (Å²) in [4.78, 5) is 16.3. The highest BCUT2D eigenvalue weighted by Gasteiger charge is 2.39. The van der Waals surface area contributed by atoms with Crippen molar-refractivity contribution in [3.63, 3.8) is 0 Å². The fourth-order valence-corrected chi connectivity index (χ4v) is 4.87. The van der Waals surface area contributed by atoms with Crippen LogP contribution in [0.5, 0.6) is 11.5 Å². The molecule has 2 saturated heterocycles. The van der Waals surface area contributed by atoms with Gasteiger partial charge in [-0.05, 0) is 24.6 Å². The van der Waals surface area contributed by atoms with Crippen LogP contribution in [0.1, 0.15) is 30.7 Å². The Bertz CT molecular complexity index is 590. The van der Waals surface area contributed by atoms with Gasteiger partial charge in [0.25, 0.3) is 0 Å². The van der Waals surface area contributed by atoms with E-state index in [0.29, 0.717) is 5.75 Å². The molecule has 132 valence electrons. The molecule has 6 heteroatoms. The van der Waals surface area contributed by atoms with E-state index in [0.717, 1.165) is 24.4 Å². The van der Waals surface area contributed by atoms with Crippen molar-refractivity contribution in [3.8, 4) is 11.5 Å². The number of hydrogen-bond acceptors (Lipinski definition) is 4. The zero-order valence-electron chi connectivity index (χ0n) is 14.7. The normalized spacial score (nSPS) is 24.6. The summed E-state index contributed by atoms with van der Waals surface area (Å²) in [5.74, 6) is 1.68. The average Bonchev–Trinajstić information content (AvgIpc) is 3.21. The molecule has 1 N–H and O–H groups in total. The highest BCUT2D eigenvalue weighted by atomic mass is 32.2. The first kappa shape index (κ1) is 17.4. The van der Waals surface area contributed by atoms with Gasteiger partial charge >= 0.3 is 0 Å². The van der Waals surface area contributed by atoms with E-state index < -0.39 is 0 Å². The highest BCUT2D eigenvalue weighted by Crippen LogP contribution is 2.44. The molecule has 1 amide bonds. The Morgan fingerprint density at radius 2 is 1.92 bits per heavy atom. The molecule has 0 aromatic heterocycles. The largest absolute Gasteiger partial charge is 0.493 e. The zero-order valence-corrected chi connectivity index (χ0v) is 15.5. The molecule has 2 aliphatic heterocycles. The van der Waals surface area contributed by atoms with Gasteiger partial charge < -0.3 is 19.3 Å². The molecule has 0 bridgehead atoms. The van der Waals surface area contributed by atoms with Crippen molar-refractivity contribution in [2.75, 3.05) is 40.4 Å². The summed E-state index contributed by atoms with van der Waals surface area (Å²) in [7, 11) is 3.28. The molecular formula is C18H27N2O3S+. The summed E-state index contributed by atoms with van der Waals surface area (Å²) >= 11 is 1.72. The Hall–Kier alpha value is -1.40. The molecule has 0 spiro atoms. The third-order valence-electron chi connectivity index (χ3n) is 4.96. The third-order valence-corrected chi connectivity index (χ3v) is 6.35. The van der Waals surface area contributed by atoms with Crippen LogP contribution in [0.3, 0.4) is 0 Å². The minimum Gasteiger partial charge on any atom is -0.493 e. The van der Waals surface area contributed by atoms with Gasteiger partial charge in [0.15, 0.2) is 11.5 Å². The zero-order chi connectivity index (χ0) is 17.1. The van der Waals surface area contributed by atoms with E-state index in [-0.39, 0.29) is 16.5 Å². The summed E-state index contributed by atoms with van der Waals surface area (Å²) in [6, 6.07) is 5.96. The SMILES string of the molecule is COc1ccc([C@@H]2S[C@H](C)C(=O)N2CC[NH+]2CCCC2)cc1OC. The monoisotopic (exact) mass is 351 g/mol. The van der Waals surface area contributed by atoms with Gasteiger partial charge in [-0.15, -0.1) is 11.8 Å². The van der Waals surface area contributed by atoms with Crippen molar-refractivity contribution < 1.29 is 19.2 Å². The first-order chi connectivity index (χ1) is 11.6. The summed E-state index contributed by atoms with van der Waals surface area (Å²) < 4.78 is 10.7. The predicted molar refractivity (Wildman–Crippen MR) is 95.9 cm³/mol. The molecule has 0 saturated carbocycles. The van der Waals surface area contributed by atoms with Crippen LogP contribution in [0.2, 0.25) is 0 Å². The molecule has 1 aromatic carbocycles. The van der Waals surface area contributed by atoms with Crippen molar-refractivity contribution >= 4 is 17.7 Å². The lowest BCUT2D eigenvalue weighted by atomic mass is 10.1. The third kappa shape index (κ3) is 3.49. The number of nitrogens with one attached hydrogen (secondary N) is 1. The number of likely N-dealkylation sites (tertiary alicyclic amines) is 1. The highest BCUT2D eigenvalue weighted by molar-refractivity contribution is 8.01. The number of quaternary nitrogens is 1.